The van der Waals surface area contributed by atoms with Gasteiger partial charge < -0.3 is 18.9 Å². The Labute approximate surface area is 181 Å². The molecule has 160 valence electrons. The number of carbonyl (C=O) groups is 2. The Balaban J connectivity index is 1.42. The minimum atomic E-state index is -0.533. The van der Waals surface area contributed by atoms with Crippen molar-refractivity contribution in [2.24, 2.45) is 0 Å². The molecule has 0 N–H and O–H groups in total. The Morgan fingerprint density at radius 3 is 2.23 bits per heavy atom. The summed E-state index contributed by atoms with van der Waals surface area (Å²) in [5, 5.41) is 0. The molecule has 3 aromatic rings. The Bertz CT molecular complexity index is 1010. The van der Waals surface area contributed by atoms with E-state index < -0.39 is 11.9 Å². The van der Waals surface area contributed by atoms with E-state index in [1.165, 1.54) is 24.3 Å². The highest BCUT2D eigenvalue weighted by atomic mass is 16.6. The number of esters is 2. The van der Waals surface area contributed by atoms with Crippen molar-refractivity contribution < 1.29 is 28.5 Å². The molecule has 0 aliphatic heterocycles. The minimum absolute atomic E-state index is 0.125. The van der Waals surface area contributed by atoms with Gasteiger partial charge in [-0.2, -0.15) is 0 Å². The van der Waals surface area contributed by atoms with Crippen molar-refractivity contribution in [2.45, 2.75) is 13.8 Å². The number of ether oxygens (including phenoxy) is 4. The zero-order chi connectivity index (χ0) is 22.1. The summed E-state index contributed by atoms with van der Waals surface area (Å²) < 4.78 is 21.5. The lowest BCUT2D eigenvalue weighted by atomic mass is 10.1. The number of hydrogen-bond acceptors (Lipinski definition) is 6. The van der Waals surface area contributed by atoms with Crippen molar-refractivity contribution in [3.05, 3.63) is 89.5 Å². The Kier molecular flexibility index (Phi) is 7.65. The van der Waals surface area contributed by atoms with Crippen molar-refractivity contribution in [1.82, 2.24) is 0 Å². The quantitative estimate of drug-likeness (QED) is 0.288. The van der Waals surface area contributed by atoms with Gasteiger partial charge in [0.05, 0.1) is 5.56 Å². The summed E-state index contributed by atoms with van der Waals surface area (Å²) in [7, 11) is 0. The third kappa shape index (κ3) is 6.60. The van der Waals surface area contributed by atoms with Gasteiger partial charge in [0.1, 0.15) is 30.5 Å². The highest BCUT2D eigenvalue weighted by Gasteiger charge is 2.11. The molecule has 0 saturated heterocycles. The number of aryl methyl sites for hydroxylation is 1. The van der Waals surface area contributed by atoms with E-state index in [9.17, 15) is 9.59 Å². The monoisotopic (exact) mass is 420 g/mol. The standard InChI is InChI=1S/C25H24O6/c1-18-7-6-10-23(19(18)2)30-17-24(26)31-22-13-11-20(12-14-22)25(27)29-16-15-28-21-8-4-3-5-9-21/h3-14H,15-17H2,1-2H3. The van der Waals surface area contributed by atoms with E-state index in [1.54, 1.807) is 6.07 Å². The number of carbonyl (C=O) groups excluding carboxylic acids is 2. The second-order valence-corrected chi connectivity index (χ2v) is 6.78. The maximum atomic E-state index is 12.1. The molecule has 3 rings (SSSR count). The molecule has 3 aromatic carbocycles. The van der Waals surface area contributed by atoms with Crippen LogP contribution in [0, 0.1) is 13.8 Å². The average molecular weight is 420 g/mol. The second-order valence-electron chi connectivity index (χ2n) is 6.78. The van der Waals surface area contributed by atoms with Crippen molar-refractivity contribution in [2.75, 3.05) is 19.8 Å². The van der Waals surface area contributed by atoms with Crippen LogP contribution in [-0.4, -0.2) is 31.8 Å². The molecule has 31 heavy (non-hydrogen) atoms. The van der Waals surface area contributed by atoms with Crippen LogP contribution in [0.2, 0.25) is 0 Å². The van der Waals surface area contributed by atoms with Crippen LogP contribution in [-0.2, 0) is 9.53 Å². The van der Waals surface area contributed by atoms with E-state index in [-0.39, 0.29) is 19.8 Å². The fourth-order valence-corrected chi connectivity index (χ4v) is 2.73. The van der Waals surface area contributed by atoms with Crippen LogP contribution < -0.4 is 14.2 Å². The molecule has 0 saturated carbocycles. The number of benzene rings is 3. The summed E-state index contributed by atoms with van der Waals surface area (Å²) in [5.74, 6) is 0.665. The molecule has 0 aromatic heterocycles. The summed E-state index contributed by atoms with van der Waals surface area (Å²) in [6.07, 6.45) is 0. The molecular weight excluding hydrogens is 396 g/mol. The average Bonchev–Trinajstić information content (AvgIpc) is 2.79. The van der Waals surface area contributed by atoms with E-state index >= 15 is 0 Å². The molecule has 0 spiro atoms. The van der Waals surface area contributed by atoms with E-state index in [0.29, 0.717) is 22.8 Å². The van der Waals surface area contributed by atoms with E-state index in [4.69, 9.17) is 18.9 Å². The smallest absolute Gasteiger partial charge is 0.349 e. The zero-order valence-electron chi connectivity index (χ0n) is 17.5. The lowest BCUT2D eigenvalue weighted by molar-refractivity contribution is -0.136. The van der Waals surface area contributed by atoms with Gasteiger partial charge >= 0.3 is 11.9 Å². The molecule has 6 nitrogen and oxygen atoms in total. The first-order valence-electron chi connectivity index (χ1n) is 9.87. The largest absolute Gasteiger partial charge is 0.490 e. The van der Waals surface area contributed by atoms with Gasteiger partial charge in [0.2, 0.25) is 0 Å². The summed E-state index contributed by atoms with van der Waals surface area (Å²) in [6, 6.07) is 21.1. The molecule has 0 radical (unpaired) electrons. The maximum Gasteiger partial charge on any atom is 0.349 e. The lowest BCUT2D eigenvalue weighted by Gasteiger charge is -2.11. The van der Waals surface area contributed by atoms with Crippen LogP contribution in [0.15, 0.2) is 72.8 Å². The van der Waals surface area contributed by atoms with Crippen molar-refractivity contribution >= 4 is 11.9 Å². The van der Waals surface area contributed by atoms with Crippen LogP contribution in [0.4, 0.5) is 0 Å². The lowest BCUT2D eigenvalue weighted by Crippen LogP contribution is -2.18. The molecule has 0 amide bonds. The van der Waals surface area contributed by atoms with Crippen molar-refractivity contribution in [3.8, 4) is 17.2 Å². The number of para-hydroxylation sites is 1. The molecule has 0 aliphatic rings. The summed E-state index contributed by atoms with van der Waals surface area (Å²) in [6.45, 7) is 4.08. The van der Waals surface area contributed by atoms with Crippen LogP contribution in [0.5, 0.6) is 17.2 Å². The van der Waals surface area contributed by atoms with E-state index in [2.05, 4.69) is 0 Å². The molecule has 0 atom stereocenters. The van der Waals surface area contributed by atoms with Crippen LogP contribution in [0.3, 0.4) is 0 Å². The van der Waals surface area contributed by atoms with Crippen LogP contribution >= 0.6 is 0 Å². The molecule has 0 fully saturated rings. The predicted octanol–water partition coefficient (Wildman–Crippen LogP) is 4.52. The fourth-order valence-electron chi connectivity index (χ4n) is 2.73. The number of rotatable bonds is 9. The van der Waals surface area contributed by atoms with Crippen molar-refractivity contribution in [3.63, 3.8) is 0 Å². The second kappa shape index (κ2) is 10.8. The molecule has 6 heteroatoms. The van der Waals surface area contributed by atoms with Gasteiger partial charge in [-0.1, -0.05) is 30.3 Å². The highest BCUT2D eigenvalue weighted by molar-refractivity contribution is 5.89. The molecule has 0 aliphatic carbocycles. The fraction of sp³-hybridized carbons (Fsp3) is 0.200. The normalized spacial score (nSPS) is 10.3. The van der Waals surface area contributed by atoms with Crippen molar-refractivity contribution in [1.29, 1.82) is 0 Å². The van der Waals surface area contributed by atoms with Gasteiger partial charge in [-0.15, -0.1) is 0 Å². The molecule has 0 unspecified atom stereocenters. The van der Waals surface area contributed by atoms with Gasteiger partial charge in [-0.25, -0.2) is 9.59 Å². The highest BCUT2D eigenvalue weighted by Crippen LogP contribution is 2.20. The summed E-state index contributed by atoms with van der Waals surface area (Å²) in [4.78, 5) is 24.1. The maximum absolute atomic E-state index is 12.1. The minimum Gasteiger partial charge on any atom is -0.490 e. The van der Waals surface area contributed by atoms with Gasteiger partial charge in [0.15, 0.2) is 6.61 Å². The first-order valence-corrected chi connectivity index (χ1v) is 9.87. The van der Waals surface area contributed by atoms with Crippen LogP contribution in [0.25, 0.3) is 0 Å². The van der Waals surface area contributed by atoms with E-state index in [0.717, 1.165) is 11.1 Å². The molecular formula is C25H24O6. The number of hydrogen-bond donors (Lipinski definition) is 0. The SMILES string of the molecule is Cc1cccc(OCC(=O)Oc2ccc(C(=O)OCCOc3ccccc3)cc2)c1C. The summed E-state index contributed by atoms with van der Waals surface area (Å²) >= 11 is 0. The molecule has 0 bridgehead atoms. The van der Waals surface area contributed by atoms with Gasteiger partial charge in [0.25, 0.3) is 0 Å². The Morgan fingerprint density at radius 1 is 0.742 bits per heavy atom. The first kappa shape index (κ1) is 21.9. The topological polar surface area (TPSA) is 71.1 Å². The Morgan fingerprint density at radius 2 is 1.48 bits per heavy atom. The predicted molar refractivity (Wildman–Crippen MR) is 116 cm³/mol. The van der Waals surface area contributed by atoms with Gasteiger partial charge in [-0.05, 0) is 67.4 Å². The molecule has 0 heterocycles. The van der Waals surface area contributed by atoms with E-state index in [1.807, 2.05) is 56.3 Å². The van der Waals surface area contributed by atoms with Gasteiger partial charge in [-0.3, -0.25) is 0 Å². The Hall–Kier alpha value is -3.80. The summed E-state index contributed by atoms with van der Waals surface area (Å²) in [5.41, 5.74) is 2.42. The first-order chi connectivity index (χ1) is 15.0. The van der Waals surface area contributed by atoms with Crippen LogP contribution in [0.1, 0.15) is 21.5 Å². The third-order valence-electron chi connectivity index (χ3n) is 4.55. The third-order valence-corrected chi connectivity index (χ3v) is 4.55. The van der Waals surface area contributed by atoms with Gasteiger partial charge in [0, 0.05) is 0 Å². The zero-order valence-corrected chi connectivity index (χ0v) is 17.5.